The van der Waals surface area contributed by atoms with E-state index in [1.54, 1.807) is 10.9 Å². The summed E-state index contributed by atoms with van der Waals surface area (Å²) in [6, 6.07) is 2.05. The Labute approximate surface area is 175 Å². The molecule has 10 heteroatoms. The third-order valence-corrected chi connectivity index (χ3v) is 5.80. The highest BCUT2D eigenvalue weighted by Crippen LogP contribution is 2.37. The van der Waals surface area contributed by atoms with E-state index < -0.39 is 0 Å². The number of H-pyrrole nitrogens is 1. The Kier molecular flexibility index (Phi) is 5.48. The molecule has 10 nitrogen and oxygen atoms in total. The summed E-state index contributed by atoms with van der Waals surface area (Å²) in [5.74, 6) is 0.514. The van der Waals surface area contributed by atoms with Crippen molar-refractivity contribution in [2.75, 3.05) is 5.32 Å². The lowest BCUT2D eigenvalue weighted by atomic mass is 10.0. The number of aromatic amines is 1. The summed E-state index contributed by atoms with van der Waals surface area (Å²) in [6.45, 7) is 6.03. The number of nitrogens with one attached hydrogen (secondary N) is 3. The summed E-state index contributed by atoms with van der Waals surface area (Å²) < 4.78 is 7.29. The van der Waals surface area contributed by atoms with Crippen LogP contribution in [0.1, 0.15) is 76.2 Å². The molecule has 0 saturated heterocycles. The van der Waals surface area contributed by atoms with Gasteiger partial charge in [-0.2, -0.15) is 5.10 Å². The molecule has 2 aliphatic rings. The van der Waals surface area contributed by atoms with Crippen LogP contribution in [0.4, 0.5) is 10.6 Å². The van der Waals surface area contributed by atoms with Crippen molar-refractivity contribution in [2.45, 2.75) is 82.9 Å². The Balaban J connectivity index is 1.25. The van der Waals surface area contributed by atoms with Gasteiger partial charge in [0.2, 0.25) is 5.91 Å². The molecule has 2 amide bonds. The van der Waals surface area contributed by atoms with Crippen molar-refractivity contribution in [3.63, 3.8) is 0 Å². The van der Waals surface area contributed by atoms with E-state index in [4.69, 9.17) is 4.74 Å². The molecule has 2 heterocycles. The number of aromatic nitrogens is 5. The fourth-order valence-electron chi connectivity index (χ4n) is 3.68. The normalized spacial score (nSPS) is 22.1. The van der Waals surface area contributed by atoms with Crippen molar-refractivity contribution in [1.29, 1.82) is 0 Å². The number of anilines is 1. The summed E-state index contributed by atoms with van der Waals surface area (Å²) in [4.78, 5) is 24.3. The molecular formula is C20H29N7O3. The highest BCUT2D eigenvalue weighted by molar-refractivity contribution is 5.91. The van der Waals surface area contributed by atoms with E-state index in [1.807, 2.05) is 26.8 Å². The molecule has 2 aliphatic carbocycles. The van der Waals surface area contributed by atoms with Crippen LogP contribution in [-0.4, -0.2) is 48.8 Å². The number of rotatable bonds is 7. The van der Waals surface area contributed by atoms with Crippen molar-refractivity contribution in [3.05, 3.63) is 23.7 Å². The predicted molar refractivity (Wildman–Crippen MR) is 109 cm³/mol. The summed E-state index contributed by atoms with van der Waals surface area (Å²) >= 11 is 0. The summed E-state index contributed by atoms with van der Waals surface area (Å²) in [7, 11) is 0. The van der Waals surface area contributed by atoms with Gasteiger partial charge in [-0.25, -0.2) is 9.48 Å². The molecule has 0 aliphatic heterocycles. The molecule has 30 heavy (non-hydrogen) atoms. The van der Waals surface area contributed by atoms with Crippen LogP contribution >= 0.6 is 0 Å². The number of carbonyl (C=O) groups excluding carboxylic acids is 2. The lowest BCUT2D eigenvalue weighted by molar-refractivity contribution is -0.115. The van der Waals surface area contributed by atoms with Crippen LogP contribution in [0.2, 0.25) is 0 Å². The van der Waals surface area contributed by atoms with Gasteiger partial charge in [0.05, 0.1) is 12.1 Å². The molecule has 2 aromatic rings. The molecule has 2 fully saturated rings. The van der Waals surface area contributed by atoms with E-state index in [-0.39, 0.29) is 42.0 Å². The van der Waals surface area contributed by atoms with Crippen LogP contribution < -0.4 is 10.6 Å². The third-order valence-electron chi connectivity index (χ3n) is 5.80. The second kappa shape index (κ2) is 8.08. The molecule has 162 valence electrons. The van der Waals surface area contributed by atoms with Crippen molar-refractivity contribution < 1.29 is 14.3 Å². The smallest absolute Gasteiger partial charge is 0.407 e. The lowest BCUT2D eigenvalue weighted by Gasteiger charge is -2.16. The molecule has 0 radical (unpaired) electrons. The van der Waals surface area contributed by atoms with E-state index >= 15 is 0 Å². The van der Waals surface area contributed by atoms with Gasteiger partial charge in [0.15, 0.2) is 5.82 Å². The highest BCUT2D eigenvalue weighted by atomic mass is 16.6. The van der Waals surface area contributed by atoms with Crippen molar-refractivity contribution in [1.82, 2.24) is 30.5 Å². The zero-order valence-electron chi connectivity index (χ0n) is 17.6. The Hall–Kier alpha value is -2.91. The van der Waals surface area contributed by atoms with E-state index in [0.29, 0.717) is 11.5 Å². The van der Waals surface area contributed by atoms with Crippen LogP contribution in [0, 0.1) is 0 Å². The maximum Gasteiger partial charge on any atom is 0.407 e. The van der Waals surface area contributed by atoms with Crippen molar-refractivity contribution in [3.8, 4) is 0 Å². The zero-order chi connectivity index (χ0) is 21.3. The van der Waals surface area contributed by atoms with Crippen molar-refractivity contribution in [2.24, 2.45) is 0 Å². The van der Waals surface area contributed by atoms with Crippen LogP contribution in [-0.2, 0) is 16.0 Å². The third kappa shape index (κ3) is 4.98. The molecule has 0 bridgehead atoms. The molecule has 0 unspecified atom stereocenters. The predicted octanol–water partition coefficient (Wildman–Crippen LogP) is 2.68. The van der Waals surface area contributed by atoms with Gasteiger partial charge in [0, 0.05) is 35.5 Å². The topological polar surface area (TPSA) is 127 Å². The van der Waals surface area contributed by atoms with E-state index in [0.717, 1.165) is 37.8 Å². The molecule has 3 N–H and O–H groups in total. The molecule has 2 aromatic heterocycles. The standard InChI is InChI=1S/C20H29N7O3/c1-12(2)27-11-14(23-26-27)9-18(28)21-17-10-16(24-25-17)13-4-5-15(8-13)30-19(29)22-20(3)6-7-20/h10-13,15H,4-9H2,1-3H3,(H,22,29)(H2,21,24,25,28)/t13-,15+/m0/s1. The number of hydrogen-bond acceptors (Lipinski definition) is 6. The Bertz CT molecular complexity index is 915. The maximum absolute atomic E-state index is 12.3. The van der Waals surface area contributed by atoms with E-state index in [2.05, 4.69) is 31.1 Å². The quantitative estimate of drug-likeness (QED) is 0.638. The number of nitrogens with zero attached hydrogens (tertiary/aromatic N) is 4. The first-order valence-corrected chi connectivity index (χ1v) is 10.5. The molecular weight excluding hydrogens is 386 g/mol. The van der Waals surface area contributed by atoms with Crippen LogP contribution in [0.5, 0.6) is 0 Å². The van der Waals surface area contributed by atoms with Crippen LogP contribution in [0.3, 0.4) is 0 Å². The SMILES string of the molecule is CC(C)n1cc(CC(=O)Nc2cc([C@H]3CC[C@@H](OC(=O)NC4(C)CC4)C3)[nH]n2)nn1. The molecule has 0 aromatic carbocycles. The van der Waals surface area contributed by atoms with Gasteiger partial charge >= 0.3 is 6.09 Å². The zero-order valence-corrected chi connectivity index (χ0v) is 17.6. The Morgan fingerprint density at radius 1 is 1.37 bits per heavy atom. The minimum atomic E-state index is -0.326. The van der Waals surface area contributed by atoms with Gasteiger partial charge in [0.25, 0.3) is 0 Å². The summed E-state index contributed by atoms with van der Waals surface area (Å²) in [5.41, 5.74) is 1.48. The van der Waals surface area contributed by atoms with Crippen molar-refractivity contribution >= 4 is 17.8 Å². The highest BCUT2D eigenvalue weighted by Gasteiger charge is 2.40. The average Bonchev–Trinajstić information content (AvgIpc) is 3.11. The molecule has 2 atom stereocenters. The van der Waals surface area contributed by atoms with Gasteiger partial charge in [-0.1, -0.05) is 5.21 Å². The average molecular weight is 415 g/mol. The van der Waals surface area contributed by atoms with Crippen LogP contribution in [0.15, 0.2) is 12.3 Å². The Morgan fingerprint density at radius 2 is 2.17 bits per heavy atom. The van der Waals surface area contributed by atoms with Gasteiger partial charge < -0.3 is 15.4 Å². The maximum atomic E-state index is 12.3. The first-order chi connectivity index (χ1) is 14.3. The van der Waals surface area contributed by atoms with E-state index in [1.165, 1.54) is 0 Å². The molecule has 0 spiro atoms. The summed E-state index contributed by atoms with van der Waals surface area (Å²) in [6.07, 6.45) is 5.99. The van der Waals surface area contributed by atoms with Gasteiger partial charge in [-0.05, 0) is 52.9 Å². The molecule has 2 saturated carbocycles. The number of alkyl carbamates (subject to hydrolysis) is 1. The Morgan fingerprint density at radius 3 is 2.87 bits per heavy atom. The first kappa shape index (κ1) is 20.4. The first-order valence-electron chi connectivity index (χ1n) is 10.5. The lowest BCUT2D eigenvalue weighted by Crippen LogP contribution is -2.36. The van der Waals surface area contributed by atoms with Gasteiger partial charge in [-0.15, -0.1) is 5.10 Å². The largest absolute Gasteiger partial charge is 0.446 e. The summed E-state index contributed by atoms with van der Waals surface area (Å²) in [5, 5.41) is 21.0. The number of amides is 2. The van der Waals surface area contributed by atoms with Gasteiger partial charge in [-0.3, -0.25) is 9.89 Å². The number of hydrogen-bond donors (Lipinski definition) is 3. The minimum absolute atomic E-state index is 0.0748. The number of carbonyl (C=O) groups is 2. The van der Waals surface area contributed by atoms with Crippen LogP contribution in [0.25, 0.3) is 0 Å². The minimum Gasteiger partial charge on any atom is -0.446 e. The second-order valence-corrected chi connectivity index (χ2v) is 8.94. The molecule has 4 rings (SSSR count). The fourth-order valence-corrected chi connectivity index (χ4v) is 3.68. The number of ether oxygens (including phenoxy) is 1. The second-order valence-electron chi connectivity index (χ2n) is 8.94. The van der Waals surface area contributed by atoms with Gasteiger partial charge in [0.1, 0.15) is 6.10 Å². The van der Waals surface area contributed by atoms with E-state index in [9.17, 15) is 9.59 Å². The monoisotopic (exact) mass is 415 g/mol. The fraction of sp³-hybridized carbons (Fsp3) is 0.650.